The predicted octanol–water partition coefficient (Wildman–Crippen LogP) is 4.66. The number of hydrogen-bond acceptors (Lipinski definition) is 3. The van der Waals surface area contributed by atoms with Gasteiger partial charge >= 0.3 is 0 Å². The lowest BCUT2D eigenvalue weighted by Gasteiger charge is -2.22. The Balaban J connectivity index is 1.83. The van der Waals surface area contributed by atoms with E-state index in [9.17, 15) is 14.5 Å². The predicted molar refractivity (Wildman–Crippen MR) is 89.5 cm³/mol. The van der Waals surface area contributed by atoms with Crippen LogP contribution >= 0.6 is 15.9 Å². The molecule has 1 fully saturated rings. The zero-order valence-electron chi connectivity index (χ0n) is 12.4. The van der Waals surface area contributed by atoms with E-state index in [2.05, 4.69) is 20.8 Å². The van der Waals surface area contributed by atoms with Crippen LogP contribution < -0.4 is 0 Å². The summed E-state index contributed by atoms with van der Waals surface area (Å²) in [5.74, 6) is -0.441. The van der Waals surface area contributed by atoms with Crippen molar-refractivity contribution in [3.8, 4) is 0 Å². The Hall–Kier alpha value is -1.79. The van der Waals surface area contributed by atoms with Gasteiger partial charge in [-0.3, -0.25) is 15.0 Å². The highest BCUT2D eigenvalue weighted by Gasteiger charge is 2.30. The van der Waals surface area contributed by atoms with E-state index in [4.69, 9.17) is 0 Å². The first-order valence-corrected chi connectivity index (χ1v) is 8.23. The van der Waals surface area contributed by atoms with E-state index in [1.165, 1.54) is 12.1 Å². The van der Waals surface area contributed by atoms with E-state index in [0.29, 0.717) is 24.7 Å². The van der Waals surface area contributed by atoms with Crippen molar-refractivity contribution in [3.05, 3.63) is 74.0 Å². The van der Waals surface area contributed by atoms with Gasteiger partial charge in [-0.2, -0.15) is 0 Å². The highest BCUT2D eigenvalue weighted by atomic mass is 79.9. The molecule has 1 aliphatic rings. The van der Waals surface area contributed by atoms with Crippen LogP contribution in [0.5, 0.6) is 0 Å². The van der Waals surface area contributed by atoms with Gasteiger partial charge < -0.3 is 0 Å². The molecule has 2 aromatic rings. The topological polar surface area (TPSA) is 46.4 Å². The third-order valence-electron chi connectivity index (χ3n) is 3.95. The molecule has 0 unspecified atom stereocenters. The Morgan fingerprint density at radius 2 is 2.00 bits per heavy atom. The minimum Gasteiger partial charge on any atom is -0.292 e. The third kappa shape index (κ3) is 4.14. The van der Waals surface area contributed by atoms with Gasteiger partial charge in [0.2, 0.25) is 0 Å². The highest BCUT2D eigenvalue weighted by molar-refractivity contribution is 9.10. The van der Waals surface area contributed by atoms with E-state index < -0.39 is 10.7 Å². The lowest BCUT2D eigenvalue weighted by Crippen LogP contribution is -2.25. The first-order chi connectivity index (χ1) is 11.0. The smallest absolute Gasteiger partial charge is 0.274 e. The van der Waals surface area contributed by atoms with Gasteiger partial charge in [-0.15, -0.1) is 0 Å². The fourth-order valence-electron chi connectivity index (χ4n) is 2.70. The number of hydrogen-bond donors (Lipinski definition) is 0. The first-order valence-electron chi connectivity index (χ1n) is 7.44. The van der Waals surface area contributed by atoms with Crippen molar-refractivity contribution >= 4 is 21.6 Å². The van der Waals surface area contributed by atoms with Gasteiger partial charge in [-0.05, 0) is 42.7 Å². The molecule has 0 spiro atoms. The second-order valence-corrected chi connectivity index (χ2v) is 6.71. The van der Waals surface area contributed by atoms with Gasteiger partial charge in [0.25, 0.3) is 5.69 Å². The molecule has 0 N–H and O–H groups in total. The van der Waals surface area contributed by atoms with Gasteiger partial charge in [0.05, 0.1) is 4.92 Å². The molecule has 6 heteroatoms. The summed E-state index contributed by atoms with van der Waals surface area (Å²) in [5, 5.41) is 11.2. The van der Waals surface area contributed by atoms with Crippen molar-refractivity contribution < 1.29 is 9.31 Å². The fraction of sp³-hybridized carbons (Fsp3) is 0.294. The molecule has 0 amide bonds. The molecule has 0 aliphatic heterocycles. The highest BCUT2D eigenvalue weighted by Crippen LogP contribution is 2.32. The van der Waals surface area contributed by atoms with Crippen molar-refractivity contribution in [1.82, 2.24) is 4.90 Å². The molecule has 2 aromatic carbocycles. The Labute approximate surface area is 142 Å². The van der Waals surface area contributed by atoms with Crippen LogP contribution in [0.4, 0.5) is 10.1 Å². The summed E-state index contributed by atoms with van der Waals surface area (Å²) in [7, 11) is 0. The van der Waals surface area contributed by atoms with Gasteiger partial charge in [0, 0.05) is 35.2 Å². The van der Waals surface area contributed by atoms with Gasteiger partial charge in [0.15, 0.2) is 0 Å². The molecule has 120 valence electrons. The molecular weight excluding hydrogens is 363 g/mol. The second kappa shape index (κ2) is 6.76. The zero-order chi connectivity index (χ0) is 16.4. The molecule has 3 rings (SSSR count). The Morgan fingerprint density at radius 3 is 2.65 bits per heavy atom. The number of rotatable bonds is 6. The van der Waals surface area contributed by atoms with Crippen LogP contribution in [-0.4, -0.2) is 15.9 Å². The lowest BCUT2D eigenvalue weighted by molar-refractivity contribution is -0.385. The van der Waals surface area contributed by atoms with Crippen molar-refractivity contribution in [2.45, 2.75) is 32.0 Å². The molecule has 0 radical (unpaired) electrons. The summed E-state index contributed by atoms with van der Waals surface area (Å²) in [6, 6.07) is 12.1. The van der Waals surface area contributed by atoms with Crippen molar-refractivity contribution in [3.63, 3.8) is 0 Å². The second-order valence-electron chi connectivity index (χ2n) is 5.80. The number of nitro groups is 1. The quantitative estimate of drug-likeness (QED) is 0.542. The molecule has 0 bridgehead atoms. The van der Waals surface area contributed by atoms with Crippen LogP contribution in [-0.2, 0) is 13.1 Å². The van der Waals surface area contributed by atoms with E-state index in [1.54, 1.807) is 0 Å². The summed E-state index contributed by atoms with van der Waals surface area (Å²) in [4.78, 5) is 12.9. The average molecular weight is 379 g/mol. The molecule has 1 saturated carbocycles. The van der Waals surface area contributed by atoms with Gasteiger partial charge in [0.1, 0.15) is 5.82 Å². The average Bonchev–Trinajstić information content (AvgIpc) is 3.31. The Morgan fingerprint density at radius 1 is 1.22 bits per heavy atom. The molecular formula is C17H16BrFN2O2. The molecule has 0 atom stereocenters. The standard InChI is InChI=1S/C17H16BrFN2O2/c18-14-3-1-2-12(8-14)10-20(16-5-6-16)11-13-9-15(19)4-7-17(13)21(22)23/h1-4,7-9,16H,5-6,10-11H2. The molecule has 4 nitrogen and oxygen atoms in total. The summed E-state index contributed by atoms with van der Waals surface area (Å²) in [6.07, 6.45) is 2.16. The molecule has 23 heavy (non-hydrogen) atoms. The van der Waals surface area contributed by atoms with Crippen molar-refractivity contribution in [2.24, 2.45) is 0 Å². The van der Waals surface area contributed by atoms with Crippen LogP contribution in [0.15, 0.2) is 46.9 Å². The maximum atomic E-state index is 13.5. The van der Waals surface area contributed by atoms with Crippen LogP contribution in [0.3, 0.4) is 0 Å². The maximum absolute atomic E-state index is 13.5. The van der Waals surface area contributed by atoms with Crippen molar-refractivity contribution in [1.29, 1.82) is 0 Å². The summed E-state index contributed by atoms with van der Waals surface area (Å²) in [6.45, 7) is 1.07. The molecule has 0 saturated heterocycles. The monoisotopic (exact) mass is 378 g/mol. The van der Waals surface area contributed by atoms with Crippen molar-refractivity contribution in [2.75, 3.05) is 0 Å². The fourth-order valence-corrected chi connectivity index (χ4v) is 3.15. The van der Waals surface area contributed by atoms with Gasteiger partial charge in [-0.1, -0.05) is 28.1 Å². The third-order valence-corrected chi connectivity index (χ3v) is 4.44. The summed E-state index contributed by atoms with van der Waals surface area (Å²) >= 11 is 3.45. The van der Waals surface area contributed by atoms with Gasteiger partial charge in [-0.25, -0.2) is 4.39 Å². The Kier molecular flexibility index (Phi) is 4.73. The van der Waals surface area contributed by atoms with Crippen LogP contribution in [0.2, 0.25) is 0 Å². The SMILES string of the molecule is O=[N+]([O-])c1ccc(F)cc1CN(Cc1cccc(Br)c1)C1CC1. The van der Waals surface area contributed by atoms with Crippen LogP contribution in [0.1, 0.15) is 24.0 Å². The number of nitrogens with zero attached hydrogens (tertiary/aromatic N) is 2. The number of nitro benzene ring substituents is 1. The Bertz CT molecular complexity index is 734. The zero-order valence-corrected chi connectivity index (χ0v) is 14.0. The first kappa shape index (κ1) is 16.1. The van der Waals surface area contributed by atoms with E-state index in [1.807, 2.05) is 24.3 Å². The number of halogens is 2. The van der Waals surface area contributed by atoms with E-state index in [-0.39, 0.29) is 5.69 Å². The molecule has 1 aliphatic carbocycles. The minimum atomic E-state index is -0.445. The normalized spacial score (nSPS) is 14.2. The van der Waals surface area contributed by atoms with E-state index >= 15 is 0 Å². The summed E-state index contributed by atoms with van der Waals surface area (Å²) in [5.41, 5.74) is 1.54. The maximum Gasteiger partial charge on any atom is 0.274 e. The lowest BCUT2D eigenvalue weighted by atomic mass is 10.1. The molecule has 0 aromatic heterocycles. The van der Waals surface area contributed by atoms with E-state index in [0.717, 1.165) is 28.9 Å². The molecule has 0 heterocycles. The van der Waals surface area contributed by atoms with Crippen LogP contribution in [0, 0.1) is 15.9 Å². The summed E-state index contributed by atoms with van der Waals surface area (Å²) < 4.78 is 14.5. The van der Waals surface area contributed by atoms with Crippen LogP contribution in [0.25, 0.3) is 0 Å². The largest absolute Gasteiger partial charge is 0.292 e. The minimum absolute atomic E-state index is 0.0220. The number of benzene rings is 2.